The maximum atomic E-state index is 12.6. The fourth-order valence-electron chi connectivity index (χ4n) is 2.93. The number of hydrogen-bond acceptors (Lipinski definition) is 3. The van der Waals surface area contributed by atoms with E-state index in [-0.39, 0.29) is 11.9 Å². The van der Waals surface area contributed by atoms with E-state index >= 15 is 0 Å². The van der Waals surface area contributed by atoms with Gasteiger partial charge in [0.15, 0.2) is 11.5 Å². The van der Waals surface area contributed by atoms with Crippen molar-refractivity contribution in [3.8, 4) is 22.6 Å². The molecule has 0 saturated carbocycles. The van der Waals surface area contributed by atoms with Gasteiger partial charge in [-0.2, -0.15) is 0 Å². The summed E-state index contributed by atoms with van der Waals surface area (Å²) in [5.74, 6) is 1.19. The standard InChI is InChI=1S/C23H23NO3/c1-16(20-13-14-21(26-2)22(15-20)27-3)24-23(25)19-11-9-18(10-12-19)17-7-5-4-6-8-17/h4-16H,1-3H3,(H,24,25)/t16-/m1/s1. The lowest BCUT2D eigenvalue weighted by atomic mass is 10.0. The lowest BCUT2D eigenvalue weighted by Crippen LogP contribution is -2.26. The Morgan fingerprint density at radius 2 is 1.44 bits per heavy atom. The molecule has 4 heteroatoms. The molecule has 0 aliphatic carbocycles. The third-order valence-electron chi connectivity index (χ3n) is 4.51. The van der Waals surface area contributed by atoms with Gasteiger partial charge in [-0.25, -0.2) is 0 Å². The van der Waals surface area contributed by atoms with E-state index in [1.807, 2.05) is 79.7 Å². The molecule has 3 aromatic rings. The van der Waals surface area contributed by atoms with Crippen LogP contribution in [-0.2, 0) is 0 Å². The number of amides is 1. The van der Waals surface area contributed by atoms with Crippen LogP contribution in [0.1, 0.15) is 28.9 Å². The molecular weight excluding hydrogens is 338 g/mol. The minimum atomic E-state index is -0.161. The average Bonchev–Trinajstić information content (AvgIpc) is 2.73. The molecule has 0 aliphatic rings. The van der Waals surface area contributed by atoms with Gasteiger partial charge in [-0.1, -0.05) is 48.5 Å². The van der Waals surface area contributed by atoms with E-state index in [1.54, 1.807) is 14.2 Å². The van der Waals surface area contributed by atoms with E-state index in [2.05, 4.69) is 5.32 Å². The molecule has 3 rings (SSSR count). The number of hydrogen-bond donors (Lipinski definition) is 1. The van der Waals surface area contributed by atoms with Crippen LogP contribution in [0.15, 0.2) is 72.8 Å². The summed E-state index contributed by atoms with van der Waals surface area (Å²) in [6, 6.07) is 23.2. The summed E-state index contributed by atoms with van der Waals surface area (Å²) in [6.45, 7) is 1.94. The van der Waals surface area contributed by atoms with E-state index < -0.39 is 0 Å². The van der Waals surface area contributed by atoms with E-state index in [1.165, 1.54) is 0 Å². The van der Waals surface area contributed by atoms with Crippen LogP contribution in [-0.4, -0.2) is 20.1 Å². The second-order valence-electron chi connectivity index (χ2n) is 6.25. The van der Waals surface area contributed by atoms with Crippen molar-refractivity contribution in [1.29, 1.82) is 0 Å². The van der Waals surface area contributed by atoms with E-state index in [9.17, 15) is 4.79 Å². The van der Waals surface area contributed by atoms with E-state index in [0.717, 1.165) is 16.7 Å². The minimum absolute atomic E-state index is 0.114. The Kier molecular flexibility index (Phi) is 5.77. The molecule has 27 heavy (non-hydrogen) atoms. The highest BCUT2D eigenvalue weighted by molar-refractivity contribution is 5.95. The average molecular weight is 361 g/mol. The van der Waals surface area contributed by atoms with Gasteiger partial charge in [0.05, 0.1) is 20.3 Å². The molecule has 1 atom stereocenters. The van der Waals surface area contributed by atoms with Crippen LogP contribution in [0.3, 0.4) is 0 Å². The number of rotatable bonds is 6. The Bertz CT molecular complexity index is 905. The van der Waals surface area contributed by atoms with Crippen molar-refractivity contribution in [1.82, 2.24) is 5.32 Å². The van der Waals surface area contributed by atoms with Crippen molar-refractivity contribution in [2.75, 3.05) is 14.2 Å². The number of benzene rings is 3. The van der Waals surface area contributed by atoms with Crippen LogP contribution in [0, 0.1) is 0 Å². The fourth-order valence-corrected chi connectivity index (χ4v) is 2.93. The molecular formula is C23H23NO3. The molecule has 0 fully saturated rings. The highest BCUT2D eigenvalue weighted by Crippen LogP contribution is 2.30. The molecule has 0 aromatic heterocycles. The molecule has 0 unspecified atom stereocenters. The Morgan fingerprint density at radius 3 is 2.07 bits per heavy atom. The molecule has 0 bridgehead atoms. The Balaban J connectivity index is 1.71. The number of carbonyl (C=O) groups is 1. The first-order chi connectivity index (χ1) is 13.1. The summed E-state index contributed by atoms with van der Waals surface area (Å²) in [4.78, 5) is 12.6. The molecule has 0 heterocycles. The summed E-state index contributed by atoms with van der Waals surface area (Å²) in [5.41, 5.74) is 3.78. The number of ether oxygens (including phenoxy) is 2. The highest BCUT2D eigenvalue weighted by Gasteiger charge is 2.14. The van der Waals surface area contributed by atoms with Crippen molar-refractivity contribution in [3.63, 3.8) is 0 Å². The predicted molar refractivity (Wildman–Crippen MR) is 107 cm³/mol. The summed E-state index contributed by atoms with van der Waals surface area (Å²) < 4.78 is 10.6. The SMILES string of the molecule is COc1ccc([C@@H](C)NC(=O)c2ccc(-c3ccccc3)cc2)cc1OC. The lowest BCUT2D eigenvalue weighted by molar-refractivity contribution is 0.0940. The Morgan fingerprint density at radius 1 is 0.815 bits per heavy atom. The molecule has 0 aliphatic heterocycles. The predicted octanol–water partition coefficient (Wildman–Crippen LogP) is 4.86. The van der Waals surface area contributed by atoms with Gasteiger partial charge >= 0.3 is 0 Å². The lowest BCUT2D eigenvalue weighted by Gasteiger charge is -2.17. The number of nitrogens with one attached hydrogen (secondary N) is 1. The van der Waals surface area contributed by atoms with Crippen LogP contribution in [0.25, 0.3) is 11.1 Å². The van der Waals surface area contributed by atoms with Gasteiger partial charge in [0.25, 0.3) is 5.91 Å². The van der Waals surface area contributed by atoms with Crippen molar-refractivity contribution in [2.24, 2.45) is 0 Å². The van der Waals surface area contributed by atoms with Crippen molar-refractivity contribution >= 4 is 5.91 Å². The van der Waals surface area contributed by atoms with Gasteiger partial charge in [-0.05, 0) is 47.9 Å². The van der Waals surface area contributed by atoms with E-state index in [0.29, 0.717) is 17.1 Å². The van der Waals surface area contributed by atoms with Gasteiger partial charge in [-0.15, -0.1) is 0 Å². The first-order valence-electron chi connectivity index (χ1n) is 8.80. The quantitative estimate of drug-likeness (QED) is 0.682. The zero-order chi connectivity index (χ0) is 19.2. The van der Waals surface area contributed by atoms with Crippen molar-refractivity contribution in [2.45, 2.75) is 13.0 Å². The van der Waals surface area contributed by atoms with Crippen LogP contribution < -0.4 is 14.8 Å². The smallest absolute Gasteiger partial charge is 0.251 e. The molecule has 4 nitrogen and oxygen atoms in total. The normalized spacial score (nSPS) is 11.5. The molecule has 138 valence electrons. The summed E-state index contributed by atoms with van der Waals surface area (Å²) in [6.07, 6.45) is 0. The Hall–Kier alpha value is -3.27. The van der Waals surface area contributed by atoms with Gasteiger partial charge < -0.3 is 14.8 Å². The number of methoxy groups -OCH3 is 2. The van der Waals surface area contributed by atoms with Crippen LogP contribution in [0.4, 0.5) is 0 Å². The van der Waals surface area contributed by atoms with E-state index in [4.69, 9.17) is 9.47 Å². The zero-order valence-electron chi connectivity index (χ0n) is 15.7. The largest absolute Gasteiger partial charge is 0.493 e. The van der Waals surface area contributed by atoms with Gasteiger partial charge in [0.2, 0.25) is 0 Å². The molecule has 3 aromatic carbocycles. The first-order valence-corrected chi connectivity index (χ1v) is 8.80. The third-order valence-corrected chi connectivity index (χ3v) is 4.51. The van der Waals surface area contributed by atoms with Gasteiger partial charge in [-0.3, -0.25) is 4.79 Å². The van der Waals surface area contributed by atoms with Crippen molar-refractivity contribution < 1.29 is 14.3 Å². The molecule has 0 radical (unpaired) electrons. The number of carbonyl (C=O) groups excluding carboxylic acids is 1. The van der Waals surface area contributed by atoms with Gasteiger partial charge in [0, 0.05) is 5.56 Å². The Labute approximate surface area is 159 Å². The minimum Gasteiger partial charge on any atom is -0.493 e. The second-order valence-corrected chi connectivity index (χ2v) is 6.25. The highest BCUT2D eigenvalue weighted by atomic mass is 16.5. The van der Waals surface area contributed by atoms with Gasteiger partial charge in [0.1, 0.15) is 0 Å². The summed E-state index contributed by atoms with van der Waals surface area (Å²) in [7, 11) is 3.20. The monoisotopic (exact) mass is 361 g/mol. The maximum Gasteiger partial charge on any atom is 0.251 e. The first kappa shape index (κ1) is 18.5. The molecule has 1 amide bonds. The molecule has 0 saturated heterocycles. The summed E-state index contributed by atoms with van der Waals surface area (Å²) in [5, 5.41) is 3.03. The third kappa shape index (κ3) is 4.29. The van der Waals surface area contributed by atoms with Crippen LogP contribution in [0.5, 0.6) is 11.5 Å². The topological polar surface area (TPSA) is 47.6 Å². The summed E-state index contributed by atoms with van der Waals surface area (Å²) >= 11 is 0. The second kappa shape index (κ2) is 8.41. The molecule has 0 spiro atoms. The zero-order valence-corrected chi connectivity index (χ0v) is 15.7. The fraction of sp³-hybridized carbons (Fsp3) is 0.174. The van der Waals surface area contributed by atoms with Crippen molar-refractivity contribution in [3.05, 3.63) is 83.9 Å². The maximum absolute atomic E-state index is 12.6. The van der Waals surface area contributed by atoms with Crippen LogP contribution in [0.2, 0.25) is 0 Å². The van der Waals surface area contributed by atoms with Crippen LogP contribution >= 0.6 is 0 Å². The molecule has 1 N–H and O–H groups in total.